The van der Waals surface area contributed by atoms with Crippen LogP contribution in [0.1, 0.15) is 6.92 Å². The van der Waals surface area contributed by atoms with E-state index in [1.807, 2.05) is 6.92 Å². The third kappa shape index (κ3) is 7.62. The van der Waals surface area contributed by atoms with Crippen molar-refractivity contribution in [3.63, 3.8) is 0 Å². The lowest BCUT2D eigenvalue weighted by Gasteiger charge is -2.20. The summed E-state index contributed by atoms with van der Waals surface area (Å²) in [5, 5.41) is 0. The predicted octanol–water partition coefficient (Wildman–Crippen LogP) is -0.0542. The van der Waals surface area contributed by atoms with Crippen LogP contribution in [0.3, 0.4) is 0 Å². The first-order valence-electron chi connectivity index (χ1n) is 3.86. The molecule has 0 radical (unpaired) electrons. The molecule has 0 unspecified atom stereocenters. The van der Waals surface area contributed by atoms with Crippen molar-refractivity contribution in [3.8, 4) is 0 Å². The number of hydrogen-bond donors (Lipinski definition) is 0. The van der Waals surface area contributed by atoms with Gasteiger partial charge in [0.25, 0.3) is 0 Å². The van der Waals surface area contributed by atoms with Crippen molar-refractivity contribution >= 4 is 30.9 Å². The molecule has 7 heteroatoms. The van der Waals surface area contributed by atoms with Crippen LogP contribution in [0.15, 0.2) is 0 Å². The van der Waals surface area contributed by atoms with Crippen molar-refractivity contribution in [2.24, 2.45) is 0 Å². The first-order chi connectivity index (χ1) is 6.16. The van der Waals surface area contributed by atoms with Gasteiger partial charge in [-0.1, -0.05) is 0 Å². The number of halogens is 1. The van der Waals surface area contributed by atoms with Gasteiger partial charge >= 0.3 is 8.80 Å². The molecule has 0 amide bonds. The minimum absolute atomic E-state index is 0.288. The third-order valence-electron chi connectivity index (χ3n) is 1.39. The Balaban J connectivity index is 0. The summed E-state index contributed by atoms with van der Waals surface area (Å²) in [7, 11) is 3.05. The fraction of sp³-hybridized carbons (Fsp3) is 1.00. The van der Waals surface area contributed by atoms with Crippen LogP contribution in [-0.4, -0.2) is 52.7 Å². The zero-order chi connectivity index (χ0) is 10.7. The highest BCUT2D eigenvalue weighted by molar-refractivity contribution is 6.68. The van der Waals surface area contributed by atoms with E-state index in [1.54, 1.807) is 0 Å². The van der Waals surface area contributed by atoms with Gasteiger partial charge in [-0.15, -0.1) is 11.6 Å². The van der Waals surface area contributed by atoms with Crippen molar-refractivity contribution in [3.05, 3.63) is 0 Å². The standard InChI is InChI=1S/C4H11ClO3Si.C2H8OSi/c1-6-9(4-5,7-2)8-3;1-2-3-4/h4H2,1-3H3;2H2,1,4H3. The van der Waals surface area contributed by atoms with Crippen LogP contribution in [0.2, 0.25) is 0 Å². The molecule has 0 aromatic heterocycles. The molecule has 4 nitrogen and oxygen atoms in total. The zero-order valence-electron chi connectivity index (χ0n) is 8.93. The van der Waals surface area contributed by atoms with Gasteiger partial charge in [0.2, 0.25) is 0 Å². The fourth-order valence-corrected chi connectivity index (χ4v) is 2.22. The molecule has 0 saturated carbocycles. The number of alkyl halides is 1. The van der Waals surface area contributed by atoms with Crippen LogP contribution < -0.4 is 0 Å². The Labute approximate surface area is 89.4 Å². The Morgan fingerprint density at radius 3 is 1.46 bits per heavy atom. The molecule has 0 aliphatic rings. The van der Waals surface area contributed by atoms with E-state index in [1.165, 1.54) is 21.3 Å². The van der Waals surface area contributed by atoms with E-state index in [9.17, 15) is 0 Å². The van der Waals surface area contributed by atoms with E-state index >= 15 is 0 Å². The highest BCUT2D eigenvalue weighted by Gasteiger charge is 2.36. The summed E-state index contributed by atoms with van der Waals surface area (Å²) in [4.78, 5) is 0. The number of hydrogen-bond acceptors (Lipinski definition) is 4. The van der Waals surface area contributed by atoms with Crippen LogP contribution in [-0.2, 0) is 17.7 Å². The highest BCUT2D eigenvalue weighted by Crippen LogP contribution is 2.06. The molecule has 0 aromatic rings. The SMILES string of the molecule is CCO[SiH3].CO[Si](CCl)(OC)OC. The molecule has 0 fully saturated rings. The van der Waals surface area contributed by atoms with Gasteiger partial charge in [0.15, 0.2) is 0 Å². The van der Waals surface area contributed by atoms with Gasteiger partial charge in [0.05, 0.1) is 5.50 Å². The molecule has 0 aliphatic heterocycles. The summed E-state index contributed by atoms with van der Waals surface area (Å²) in [6, 6.07) is 0. The second-order valence-electron chi connectivity index (χ2n) is 2.01. The average Bonchev–Trinajstić information content (AvgIpc) is 2.23. The predicted molar refractivity (Wildman–Crippen MR) is 59.1 cm³/mol. The first-order valence-corrected chi connectivity index (χ1v) is 7.14. The zero-order valence-corrected chi connectivity index (χ0v) is 12.7. The Kier molecular flexibility index (Phi) is 13.1. The molecule has 82 valence electrons. The molecule has 0 rings (SSSR count). The van der Waals surface area contributed by atoms with Crippen molar-refractivity contribution < 1.29 is 17.7 Å². The van der Waals surface area contributed by atoms with E-state index in [4.69, 9.17) is 24.9 Å². The van der Waals surface area contributed by atoms with Crippen LogP contribution >= 0.6 is 11.6 Å². The second kappa shape index (κ2) is 10.6. The molecule has 0 heterocycles. The van der Waals surface area contributed by atoms with Crippen molar-refractivity contribution in [1.82, 2.24) is 0 Å². The maximum absolute atomic E-state index is 5.51. The van der Waals surface area contributed by atoms with Gasteiger partial charge < -0.3 is 17.7 Å². The van der Waals surface area contributed by atoms with E-state index in [0.717, 1.165) is 17.1 Å². The van der Waals surface area contributed by atoms with Gasteiger partial charge in [0.1, 0.15) is 10.5 Å². The summed E-state index contributed by atoms with van der Waals surface area (Å²) in [6.45, 7) is 2.87. The lowest BCUT2D eigenvalue weighted by atomic mass is 10.9. The molecule has 13 heavy (non-hydrogen) atoms. The maximum atomic E-state index is 5.51. The molecule has 0 bridgehead atoms. The molecular weight excluding hydrogens is 228 g/mol. The number of rotatable bonds is 5. The maximum Gasteiger partial charge on any atom is 0.515 e. The smallest absolute Gasteiger partial charge is 0.428 e. The summed E-state index contributed by atoms with van der Waals surface area (Å²) >= 11 is 5.51. The Hall–Kier alpha value is 0.564. The van der Waals surface area contributed by atoms with E-state index in [2.05, 4.69) is 4.43 Å². The first kappa shape index (κ1) is 16.0. The van der Waals surface area contributed by atoms with Crippen LogP contribution in [0.25, 0.3) is 0 Å². The third-order valence-corrected chi connectivity index (χ3v) is 5.14. The van der Waals surface area contributed by atoms with E-state index < -0.39 is 8.80 Å². The quantitative estimate of drug-likeness (QED) is 0.504. The van der Waals surface area contributed by atoms with Crippen molar-refractivity contribution in [1.29, 1.82) is 0 Å². The van der Waals surface area contributed by atoms with Gasteiger partial charge in [0, 0.05) is 27.9 Å². The molecule has 0 aromatic carbocycles. The van der Waals surface area contributed by atoms with Gasteiger partial charge in [-0.2, -0.15) is 0 Å². The normalized spacial score (nSPS) is 10.8. The summed E-state index contributed by atoms with van der Waals surface area (Å²) in [5.41, 5.74) is 0.288. The van der Waals surface area contributed by atoms with Gasteiger partial charge in [-0.25, -0.2) is 0 Å². The molecule has 0 atom stereocenters. The minimum atomic E-state index is -2.43. The summed E-state index contributed by atoms with van der Waals surface area (Å²) in [5.74, 6) is 0. The van der Waals surface area contributed by atoms with E-state index in [-0.39, 0.29) is 5.50 Å². The molecule has 0 N–H and O–H groups in total. The Bertz CT molecular complexity index is 83.1. The lowest BCUT2D eigenvalue weighted by Crippen LogP contribution is -2.45. The molecule has 0 saturated heterocycles. The average molecular weight is 247 g/mol. The molecule has 0 spiro atoms. The monoisotopic (exact) mass is 246 g/mol. The van der Waals surface area contributed by atoms with Crippen LogP contribution in [0, 0.1) is 0 Å². The molecule has 0 aliphatic carbocycles. The van der Waals surface area contributed by atoms with Crippen LogP contribution in [0.5, 0.6) is 0 Å². The van der Waals surface area contributed by atoms with Gasteiger partial charge in [-0.3, -0.25) is 0 Å². The van der Waals surface area contributed by atoms with Crippen molar-refractivity contribution in [2.45, 2.75) is 6.92 Å². The largest absolute Gasteiger partial charge is 0.515 e. The minimum Gasteiger partial charge on any atom is -0.428 e. The van der Waals surface area contributed by atoms with Crippen LogP contribution in [0.4, 0.5) is 0 Å². The molecular formula is C6H19ClO4Si2. The topological polar surface area (TPSA) is 36.9 Å². The van der Waals surface area contributed by atoms with E-state index in [0.29, 0.717) is 0 Å². The fourth-order valence-electron chi connectivity index (χ4n) is 0.414. The summed E-state index contributed by atoms with van der Waals surface area (Å²) < 4.78 is 19.5. The lowest BCUT2D eigenvalue weighted by molar-refractivity contribution is 0.130. The Morgan fingerprint density at radius 1 is 1.15 bits per heavy atom. The summed E-state index contributed by atoms with van der Waals surface area (Å²) in [6.07, 6.45) is 0. The van der Waals surface area contributed by atoms with Crippen molar-refractivity contribution in [2.75, 3.05) is 33.4 Å². The highest BCUT2D eigenvalue weighted by atomic mass is 35.5. The Morgan fingerprint density at radius 2 is 1.46 bits per heavy atom. The second-order valence-corrected chi connectivity index (χ2v) is 6.24. The van der Waals surface area contributed by atoms with Gasteiger partial charge in [-0.05, 0) is 6.92 Å².